The van der Waals surface area contributed by atoms with Crippen molar-refractivity contribution in [3.05, 3.63) is 124 Å². The van der Waals surface area contributed by atoms with Crippen molar-refractivity contribution in [1.29, 1.82) is 0 Å². The van der Waals surface area contributed by atoms with E-state index in [1.807, 2.05) is 36.4 Å². The minimum absolute atomic E-state index is 0.121. The number of carboxylic acids is 1. The average Bonchev–Trinajstić information content (AvgIpc) is 3.89. The van der Waals surface area contributed by atoms with E-state index in [4.69, 9.17) is 20.0 Å². The number of carboxylic acid groups (broad SMARTS) is 1. The third kappa shape index (κ3) is 14.5. The molecule has 0 amide bonds. The lowest BCUT2D eigenvalue weighted by Crippen LogP contribution is -2.29. The van der Waals surface area contributed by atoms with Crippen LogP contribution in [0.3, 0.4) is 0 Å². The van der Waals surface area contributed by atoms with E-state index in [2.05, 4.69) is 29.6 Å². The molecule has 0 radical (unpaired) electrons. The second-order valence-electron chi connectivity index (χ2n) is 18.1. The summed E-state index contributed by atoms with van der Waals surface area (Å²) >= 11 is 0. The van der Waals surface area contributed by atoms with Crippen LogP contribution in [0.2, 0.25) is 0 Å². The summed E-state index contributed by atoms with van der Waals surface area (Å²) in [5, 5.41) is 30.0. The Hall–Kier alpha value is -3.99. The molecule has 4 aliphatic rings. The van der Waals surface area contributed by atoms with Gasteiger partial charge < -0.3 is 20.5 Å². The van der Waals surface area contributed by atoms with Crippen LogP contribution in [0.25, 0.3) is 0 Å². The highest BCUT2D eigenvalue weighted by atomic mass is 19.1. The molecule has 4 aromatic rings. The summed E-state index contributed by atoms with van der Waals surface area (Å²) in [6.45, 7) is 1.40. The lowest BCUT2D eigenvalue weighted by Gasteiger charge is -2.23. The van der Waals surface area contributed by atoms with Crippen LogP contribution >= 0.6 is 0 Å². The fourth-order valence-corrected chi connectivity index (χ4v) is 9.84. The van der Waals surface area contributed by atoms with Crippen molar-refractivity contribution >= 4 is 18.6 Å². The second-order valence-corrected chi connectivity index (χ2v) is 18.1. The molecule has 2 fully saturated rings. The van der Waals surface area contributed by atoms with E-state index in [0.29, 0.717) is 44.1 Å². The largest absolute Gasteiger partial charge is 0.488 e. The van der Waals surface area contributed by atoms with Crippen LogP contribution in [0.15, 0.2) is 84.9 Å². The molecule has 4 unspecified atom stereocenters. The number of nitrogens with zero attached hydrogens (tertiary/aromatic N) is 2. The van der Waals surface area contributed by atoms with Crippen molar-refractivity contribution in [3.8, 4) is 0 Å². The van der Waals surface area contributed by atoms with Crippen LogP contribution in [0, 0.1) is 5.92 Å². The number of nitrogens with one attached hydrogen (secondary N) is 1. The summed E-state index contributed by atoms with van der Waals surface area (Å²) in [5.41, 5.74) is 7.07. The van der Waals surface area contributed by atoms with Gasteiger partial charge in [-0.05, 0) is 162 Å². The molecule has 2 aromatic heterocycles. The Bertz CT molecular complexity index is 1930. The highest BCUT2D eigenvalue weighted by Gasteiger charge is 2.44. The predicted molar refractivity (Wildman–Crippen MR) is 242 cm³/mol. The first-order chi connectivity index (χ1) is 29.6. The van der Waals surface area contributed by atoms with Crippen LogP contribution < -0.4 is 10.8 Å². The Kier molecular flexibility index (Phi) is 17.9. The van der Waals surface area contributed by atoms with Gasteiger partial charge in [-0.2, -0.15) is 0 Å². The molecule has 2 aromatic carbocycles. The Balaban J connectivity index is 0.000000177. The number of hydrogen-bond donors (Lipinski definition) is 4. The number of hydrogen-bond acceptors (Lipinski definition) is 6. The van der Waals surface area contributed by atoms with Gasteiger partial charge in [0.2, 0.25) is 0 Å². The SMILES string of the molecule is FC1(CCCCCc2ccc3c(n2)CCCC3)CCNC1.O=C(O)C(c1ccccc1)C1CCC(F)(CCCCCc2ccc3c(n2)CCCC3)C1.OB(O)c1ccccc1. The van der Waals surface area contributed by atoms with Crippen molar-refractivity contribution in [2.24, 2.45) is 5.92 Å². The smallest absolute Gasteiger partial charge is 0.481 e. The summed E-state index contributed by atoms with van der Waals surface area (Å²) in [4.78, 5) is 21.6. The lowest BCUT2D eigenvalue weighted by molar-refractivity contribution is -0.140. The average molecular weight is 836 g/mol. The van der Waals surface area contributed by atoms with Crippen molar-refractivity contribution < 1.29 is 28.7 Å². The maximum atomic E-state index is 15.4. The number of aliphatic carboxylic acids is 1. The number of pyridine rings is 2. The first-order valence-electron chi connectivity index (χ1n) is 23.3. The van der Waals surface area contributed by atoms with Crippen LogP contribution in [-0.4, -0.2) is 62.6 Å². The number of halogens is 2. The maximum Gasteiger partial charge on any atom is 0.488 e. The molecule has 328 valence electrons. The third-order valence-electron chi connectivity index (χ3n) is 13.4. The molecule has 3 aliphatic carbocycles. The molecule has 0 bridgehead atoms. The topological polar surface area (TPSA) is 116 Å². The minimum Gasteiger partial charge on any atom is -0.481 e. The van der Waals surface area contributed by atoms with Crippen LogP contribution in [-0.2, 0) is 43.3 Å². The van der Waals surface area contributed by atoms with Gasteiger partial charge in [0.1, 0.15) is 11.3 Å². The van der Waals surface area contributed by atoms with E-state index in [0.717, 1.165) is 89.2 Å². The van der Waals surface area contributed by atoms with Crippen LogP contribution in [0.5, 0.6) is 0 Å². The van der Waals surface area contributed by atoms with E-state index < -0.39 is 30.3 Å². The zero-order valence-corrected chi connectivity index (χ0v) is 36.2. The first-order valence-corrected chi connectivity index (χ1v) is 23.3. The number of unbranched alkanes of at least 4 members (excludes halogenated alkanes) is 4. The molecule has 3 heterocycles. The number of fused-ring (bicyclic) bond motifs is 2. The van der Waals surface area contributed by atoms with Crippen molar-refractivity contribution in [3.63, 3.8) is 0 Å². The van der Waals surface area contributed by atoms with Gasteiger partial charge in [0.05, 0.1) is 5.92 Å². The summed E-state index contributed by atoms with van der Waals surface area (Å²) in [5.74, 6) is -1.56. The molecule has 10 heteroatoms. The molecule has 7 nitrogen and oxygen atoms in total. The number of alkyl halides is 2. The molecule has 4 atom stereocenters. The van der Waals surface area contributed by atoms with E-state index in [9.17, 15) is 14.3 Å². The van der Waals surface area contributed by atoms with Gasteiger partial charge in [-0.15, -0.1) is 0 Å². The number of benzene rings is 2. The number of rotatable bonds is 16. The lowest BCUT2D eigenvalue weighted by atomic mass is 9.81. The van der Waals surface area contributed by atoms with E-state index in [1.54, 1.807) is 24.3 Å². The third-order valence-corrected chi connectivity index (χ3v) is 13.4. The Morgan fingerprint density at radius 3 is 1.74 bits per heavy atom. The zero-order valence-electron chi connectivity index (χ0n) is 36.2. The van der Waals surface area contributed by atoms with Crippen LogP contribution in [0.4, 0.5) is 8.78 Å². The zero-order chi connectivity index (χ0) is 42.9. The number of aromatic nitrogens is 2. The Morgan fingerprint density at radius 1 is 0.689 bits per heavy atom. The standard InChI is InChI=1S/C27H34FNO2.C18H27FN2.C6H7BO2/c28-27(18-16-22(19-27)25(26(30)31)21-10-3-1-4-11-21)17-8-2-5-12-23-15-14-20-9-6-7-13-24(20)29-23;19-18(12-13-20-14-18)11-5-1-2-7-16-10-9-15-6-3-4-8-17(15)21-16;8-7(9)6-4-2-1-3-5-6/h1,3-4,10-11,14-15,22,25H,2,5-9,12-13,16-19H2,(H,30,31);9-10,20H,1-8,11-14H2;1-5,8-9H. The number of carbonyl (C=O) groups is 1. The second kappa shape index (κ2) is 23.5. The Morgan fingerprint density at radius 2 is 1.23 bits per heavy atom. The molecule has 8 rings (SSSR count). The van der Waals surface area contributed by atoms with Crippen LogP contribution in [0.1, 0.15) is 148 Å². The fourth-order valence-electron chi connectivity index (χ4n) is 9.84. The first kappa shape index (κ1) is 46.5. The highest BCUT2D eigenvalue weighted by Crippen LogP contribution is 2.47. The van der Waals surface area contributed by atoms with Crippen molar-refractivity contribution in [1.82, 2.24) is 15.3 Å². The van der Waals surface area contributed by atoms with Gasteiger partial charge in [-0.3, -0.25) is 14.8 Å². The molecule has 1 saturated heterocycles. The van der Waals surface area contributed by atoms with Gasteiger partial charge in [0.15, 0.2) is 0 Å². The molecule has 4 N–H and O–H groups in total. The monoisotopic (exact) mass is 836 g/mol. The predicted octanol–water partition coefficient (Wildman–Crippen LogP) is 9.57. The van der Waals surface area contributed by atoms with Gasteiger partial charge >= 0.3 is 13.1 Å². The van der Waals surface area contributed by atoms with Crippen molar-refractivity contribution in [2.75, 3.05) is 13.1 Å². The maximum absolute atomic E-state index is 15.4. The molecular weight excluding hydrogens is 767 g/mol. The summed E-state index contributed by atoms with van der Waals surface area (Å²) in [6.07, 6.45) is 21.4. The molecule has 0 spiro atoms. The summed E-state index contributed by atoms with van der Waals surface area (Å²) in [6, 6.07) is 26.9. The molecule has 1 aliphatic heterocycles. The van der Waals surface area contributed by atoms with Gasteiger partial charge in [0, 0.05) is 29.3 Å². The van der Waals surface area contributed by atoms with E-state index >= 15 is 4.39 Å². The molecule has 1 saturated carbocycles. The van der Waals surface area contributed by atoms with Gasteiger partial charge in [0.25, 0.3) is 0 Å². The summed E-state index contributed by atoms with van der Waals surface area (Å²) < 4.78 is 29.6. The Labute approximate surface area is 363 Å². The van der Waals surface area contributed by atoms with Gasteiger partial charge in [-0.1, -0.05) is 98.5 Å². The molecular formula is C51H68BF2N3O4. The van der Waals surface area contributed by atoms with Crippen molar-refractivity contribution in [2.45, 2.75) is 159 Å². The molecule has 61 heavy (non-hydrogen) atoms. The van der Waals surface area contributed by atoms with E-state index in [1.165, 1.54) is 66.0 Å². The summed E-state index contributed by atoms with van der Waals surface area (Å²) in [7, 11) is -1.34. The normalized spacial score (nSPS) is 22.1. The van der Waals surface area contributed by atoms with E-state index in [-0.39, 0.29) is 5.92 Å². The van der Waals surface area contributed by atoms with Gasteiger partial charge in [-0.25, -0.2) is 8.78 Å². The highest BCUT2D eigenvalue weighted by molar-refractivity contribution is 6.58. The number of aryl methyl sites for hydroxylation is 6. The minimum atomic E-state index is -1.34. The fraction of sp³-hybridized carbons (Fsp3) is 0.549. The quantitative estimate of drug-likeness (QED) is 0.0657.